The molecule has 94 valence electrons. The lowest BCUT2D eigenvalue weighted by Crippen LogP contribution is -2.26. The molecule has 0 bridgehead atoms. The van der Waals surface area contributed by atoms with Gasteiger partial charge in [-0.25, -0.2) is 4.98 Å². The third kappa shape index (κ3) is 3.70. The molecular weight excluding hydrogens is 210 g/mol. The van der Waals surface area contributed by atoms with Crippen LogP contribution < -0.4 is 5.32 Å². The van der Waals surface area contributed by atoms with Crippen molar-refractivity contribution in [3.63, 3.8) is 0 Å². The molecule has 1 aromatic heterocycles. The first-order valence-electron chi connectivity index (χ1n) is 6.77. The lowest BCUT2D eigenvalue weighted by atomic mass is 10.3. The van der Waals surface area contributed by atoms with Gasteiger partial charge in [-0.15, -0.1) is 0 Å². The zero-order valence-corrected chi connectivity index (χ0v) is 10.9. The molecule has 0 saturated heterocycles. The molecule has 1 aromatic rings. The molecule has 3 nitrogen and oxygen atoms in total. The van der Waals surface area contributed by atoms with E-state index in [0.29, 0.717) is 0 Å². The van der Waals surface area contributed by atoms with E-state index in [4.69, 9.17) is 0 Å². The Morgan fingerprint density at radius 1 is 1.35 bits per heavy atom. The fourth-order valence-corrected chi connectivity index (χ4v) is 2.17. The third-order valence-corrected chi connectivity index (χ3v) is 3.10. The van der Waals surface area contributed by atoms with Crippen LogP contribution in [0.15, 0.2) is 18.2 Å². The van der Waals surface area contributed by atoms with Crippen molar-refractivity contribution < 1.29 is 0 Å². The molecule has 2 rings (SSSR count). The van der Waals surface area contributed by atoms with Crippen molar-refractivity contribution in [1.29, 1.82) is 0 Å². The molecule has 0 spiro atoms. The zero-order chi connectivity index (χ0) is 12.1. The van der Waals surface area contributed by atoms with Gasteiger partial charge in [0.05, 0.1) is 5.69 Å². The predicted octanol–water partition coefficient (Wildman–Crippen LogP) is 2.89. The average Bonchev–Trinajstić information content (AvgIpc) is 3.13. The van der Waals surface area contributed by atoms with Gasteiger partial charge in [0.15, 0.2) is 0 Å². The Bertz CT molecular complexity index is 347. The van der Waals surface area contributed by atoms with Crippen molar-refractivity contribution in [3.8, 4) is 0 Å². The molecule has 3 heteroatoms. The maximum Gasteiger partial charge on any atom is 0.126 e. The van der Waals surface area contributed by atoms with E-state index in [1.54, 1.807) is 0 Å². The summed E-state index contributed by atoms with van der Waals surface area (Å²) in [5.74, 6) is 0.997. The summed E-state index contributed by atoms with van der Waals surface area (Å²) in [7, 11) is 0. The second kappa shape index (κ2) is 6.01. The van der Waals surface area contributed by atoms with E-state index in [0.717, 1.165) is 24.9 Å². The minimum absolute atomic E-state index is 0.819. The van der Waals surface area contributed by atoms with Gasteiger partial charge in [-0.05, 0) is 44.9 Å². The molecule has 1 aliphatic carbocycles. The lowest BCUT2D eigenvalue weighted by molar-refractivity contribution is 0.252. The normalized spacial score (nSPS) is 15.2. The number of anilines is 1. The monoisotopic (exact) mass is 233 g/mol. The first-order valence-corrected chi connectivity index (χ1v) is 6.77. The molecule has 1 fully saturated rings. The Balaban J connectivity index is 1.97. The molecule has 1 saturated carbocycles. The fraction of sp³-hybridized carbons (Fsp3) is 0.643. The van der Waals surface area contributed by atoms with Crippen LogP contribution in [-0.4, -0.2) is 29.0 Å². The molecule has 0 amide bonds. The van der Waals surface area contributed by atoms with E-state index in [2.05, 4.69) is 41.2 Å². The maximum absolute atomic E-state index is 4.64. The second-order valence-electron chi connectivity index (χ2n) is 4.75. The number of aromatic nitrogens is 1. The Labute approximate surface area is 104 Å². The highest BCUT2D eigenvalue weighted by Crippen LogP contribution is 2.28. The summed E-state index contributed by atoms with van der Waals surface area (Å²) >= 11 is 0. The molecule has 1 heterocycles. The summed E-state index contributed by atoms with van der Waals surface area (Å²) < 4.78 is 0. The van der Waals surface area contributed by atoms with Gasteiger partial charge >= 0.3 is 0 Å². The summed E-state index contributed by atoms with van der Waals surface area (Å²) in [5, 5.41) is 3.27. The van der Waals surface area contributed by atoms with Crippen LogP contribution in [0.1, 0.15) is 38.8 Å². The minimum atomic E-state index is 0.819. The standard InChI is InChI=1S/C14H23N3/c1-3-10-17(13-8-9-13)11-12-6-5-7-14(16-12)15-4-2/h5-7,13H,3-4,8-11H2,1-2H3,(H,15,16). The van der Waals surface area contributed by atoms with Crippen molar-refractivity contribution in [1.82, 2.24) is 9.88 Å². The second-order valence-corrected chi connectivity index (χ2v) is 4.75. The number of nitrogens with zero attached hydrogens (tertiary/aromatic N) is 2. The molecular formula is C14H23N3. The van der Waals surface area contributed by atoms with E-state index in [-0.39, 0.29) is 0 Å². The van der Waals surface area contributed by atoms with Crippen molar-refractivity contribution in [3.05, 3.63) is 23.9 Å². The van der Waals surface area contributed by atoms with Crippen LogP contribution in [0.5, 0.6) is 0 Å². The summed E-state index contributed by atoms with van der Waals surface area (Å²) in [5.41, 5.74) is 1.18. The highest BCUT2D eigenvalue weighted by Gasteiger charge is 2.28. The first-order chi connectivity index (χ1) is 8.33. The minimum Gasteiger partial charge on any atom is -0.370 e. The molecule has 1 N–H and O–H groups in total. The van der Waals surface area contributed by atoms with E-state index in [1.807, 2.05) is 6.07 Å². The van der Waals surface area contributed by atoms with Gasteiger partial charge in [-0.1, -0.05) is 13.0 Å². The average molecular weight is 233 g/mol. The van der Waals surface area contributed by atoms with Crippen LogP contribution in [-0.2, 0) is 6.54 Å². The Morgan fingerprint density at radius 3 is 2.82 bits per heavy atom. The van der Waals surface area contributed by atoms with Crippen LogP contribution in [0, 0.1) is 0 Å². The van der Waals surface area contributed by atoms with Gasteiger partial charge in [-0.2, -0.15) is 0 Å². The summed E-state index contributed by atoms with van der Waals surface area (Å²) in [6.45, 7) is 7.47. The van der Waals surface area contributed by atoms with Crippen LogP contribution in [0.4, 0.5) is 5.82 Å². The molecule has 0 aromatic carbocycles. The fourth-order valence-electron chi connectivity index (χ4n) is 2.17. The number of hydrogen-bond acceptors (Lipinski definition) is 3. The number of rotatable bonds is 7. The first kappa shape index (κ1) is 12.4. The lowest BCUT2D eigenvalue weighted by Gasteiger charge is -2.20. The van der Waals surface area contributed by atoms with E-state index >= 15 is 0 Å². The largest absolute Gasteiger partial charge is 0.370 e. The summed E-state index contributed by atoms with van der Waals surface area (Å²) in [6.07, 6.45) is 3.96. The summed E-state index contributed by atoms with van der Waals surface area (Å²) in [6, 6.07) is 7.08. The van der Waals surface area contributed by atoms with Crippen LogP contribution >= 0.6 is 0 Å². The number of pyridine rings is 1. The van der Waals surface area contributed by atoms with Crippen molar-refractivity contribution in [2.45, 2.75) is 45.7 Å². The van der Waals surface area contributed by atoms with Crippen LogP contribution in [0.3, 0.4) is 0 Å². The van der Waals surface area contributed by atoms with Crippen LogP contribution in [0.2, 0.25) is 0 Å². The maximum atomic E-state index is 4.64. The Kier molecular flexibility index (Phi) is 4.37. The third-order valence-electron chi connectivity index (χ3n) is 3.10. The van der Waals surface area contributed by atoms with Crippen molar-refractivity contribution >= 4 is 5.82 Å². The molecule has 17 heavy (non-hydrogen) atoms. The van der Waals surface area contributed by atoms with E-state index < -0.39 is 0 Å². The quantitative estimate of drug-likeness (QED) is 0.785. The predicted molar refractivity (Wildman–Crippen MR) is 72.1 cm³/mol. The van der Waals surface area contributed by atoms with Crippen molar-refractivity contribution in [2.75, 3.05) is 18.4 Å². The van der Waals surface area contributed by atoms with Gasteiger partial charge in [-0.3, -0.25) is 4.90 Å². The van der Waals surface area contributed by atoms with Gasteiger partial charge in [0, 0.05) is 19.1 Å². The van der Waals surface area contributed by atoms with Crippen LogP contribution in [0.25, 0.3) is 0 Å². The molecule has 0 unspecified atom stereocenters. The molecule has 1 aliphatic rings. The summed E-state index contributed by atoms with van der Waals surface area (Å²) in [4.78, 5) is 7.21. The van der Waals surface area contributed by atoms with Gasteiger partial charge < -0.3 is 5.32 Å². The highest BCUT2D eigenvalue weighted by atomic mass is 15.2. The Hall–Kier alpha value is -1.09. The van der Waals surface area contributed by atoms with Gasteiger partial charge in [0.25, 0.3) is 0 Å². The number of hydrogen-bond donors (Lipinski definition) is 1. The molecule has 0 radical (unpaired) electrons. The number of nitrogens with one attached hydrogen (secondary N) is 1. The van der Waals surface area contributed by atoms with Gasteiger partial charge in [0.1, 0.15) is 5.82 Å². The molecule has 0 atom stereocenters. The van der Waals surface area contributed by atoms with E-state index in [1.165, 1.54) is 31.5 Å². The molecule has 0 aliphatic heterocycles. The zero-order valence-electron chi connectivity index (χ0n) is 10.9. The Morgan fingerprint density at radius 2 is 2.18 bits per heavy atom. The topological polar surface area (TPSA) is 28.2 Å². The van der Waals surface area contributed by atoms with E-state index in [9.17, 15) is 0 Å². The highest BCUT2D eigenvalue weighted by molar-refractivity contribution is 5.35. The van der Waals surface area contributed by atoms with Gasteiger partial charge in [0.2, 0.25) is 0 Å². The van der Waals surface area contributed by atoms with Crippen molar-refractivity contribution in [2.24, 2.45) is 0 Å². The SMILES string of the molecule is CCCN(Cc1cccc(NCC)n1)C1CC1. The smallest absolute Gasteiger partial charge is 0.126 e.